The highest BCUT2D eigenvalue weighted by molar-refractivity contribution is 7.08. The summed E-state index contributed by atoms with van der Waals surface area (Å²) >= 11 is 1.52. The van der Waals surface area contributed by atoms with Gasteiger partial charge in [-0.15, -0.1) is 0 Å². The predicted molar refractivity (Wildman–Crippen MR) is 64.6 cm³/mol. The molecule has 0 bridgehead atoms. The lowest BCUT2D eigenvalue weighted by Crippen LogP contribution is -2.25. The maximum atomic E-state index is 11.6. The average molecular weight is 232 g/mol. The van der Waals surface area contributed by atoms with Crippen LogP contribution in [0.2, 0.25) is 0 Å². The summed E-state index contributed by atoms with van der Waals surface area (Å²) in [5.41, 5.74) is 1.72. The van der Waals surface area contributed by atoms with Gasteiger partial charge in [0.25, 0.3) is 5.91 Å². The Morgan fingerprint density at radius 2 is 2.31 bits per heavy atom. The van der Waals surface area contributed by atoms with E-state index < -0.39 is 0 Å². The maximum absolute atomic E-state index is 11.6. The van der Waals surface area contributed by atoms with E-state index in [0.29, 0.717) is 6.54 Å². The summed E-state index contributed by atoms with van der Waals surface area (Å²) in [6, 6.07) is 7.61. The minimum Gasteiger partial charge on any atom is -0.352 e. The van der Waals surface area contributed by atoms with Gasteiger partial charge in [-0.1, -0.05) is 6.07 Å². The van der Waals surface area contributed by atoms with Crippen molar-refractivity contribution in [2.75, 3.05) is 6.54 Å². The van der Waals surface area contributed by atoms with Gasteiger partial charge in [0.1, 0.15) is 0 Å². The first-order chi connectivity index (χ1) is 7.86. The minimum absolute atomic E-state index is 0.0165. The number of pyridine rings is 1. The normalized spacial score (nSPS) is 10.0. The predicted octanol–water partition coefficient (Wildman–Crippen LogP) is 2.12. The SMILES string of the molecule is O=C(NCCc1ccccn1)c1ccsc1. The molecule has 0 saturated heterocycles. The van der Waals surface area contributed by atoms with E-state index in [9.17, 15) is 4.79 Å². The molecular formula is C12H12N2OS. The first kappa shape index (κ1) is 10.8. The number of thiophene rings is 1. The van der Waals surface area contributed by atoms with E-state index in [-0.39, 0.29) is 5.91 Å². The fourth-order valence-corrected chi connectivity index (χ4v) is 1.98. The molecule has 0 aliphatic rings. The Hall–Kier alpha value is -1.68. The van der Waals surface area contributed by atoms with E-state index in [1.165, 1.54) is 11.3 Å². The van der Waals surface area contributed by atoms with Crippen molar-refractivity contribution >= 4 is 17.2 Å². The fourth-order valence-electron chi connectivity index (χ4n) is 1.35. The Morgan fingerprint density at radius 1 is 1.38 bits per heavy atom. The van der Waals surface area contributed by atoms with Crippen LogP contribution in [0.25, 0.3) is 0 Å². The van der Waals surface area contributed by atoms with Crippen LogP contribution < -0.4 is 5.32 Å². The largest absolute Gasteiger partial charge is 0.352 e. The molecule has 3 nitrogen and oxygen atoms in total. The molecular weight excluding hydrogens is 220 g/mol. The van der Waals surface area contributed by atoms with Crippen LogP contribution in [0.3, 0.4) is 0 Å². The molecule has 2 heterocycles. The highest BCUT2D eigenvalue weighted by atomic mass is 32.1. The third-order valence-corrected chi connectivity index (χ3v) is 2.86. The molecule has 0 unspecified atom stereocenters. The van der Waals surface area contributed by atoms with Crippen LogP contribution in [0.5, 0.6) is 0 Å². The molecule has 82 valence electrons. The molecule has 0 spiro atoms. The lowest BCUT2D eigenvalue weighted by atomic mass is 10.2. The van der Waals surface area contributed by atoms with Gasteiger partial charge in [0.2, 0.25) is 0 Å². The van der Waals surface area contributed by atoms with Crippen LogP contribution in [0.4, 0.5) is 0 Å². The standard InChI is InChI=1S/C12H12N2OS/c15-12(10-5-8-16-9-10)14-7-4-11-3-1-2-6-13-11/h1-3,5-6,8-9H,4,7H2,(H,14,15). The van der Waals surface area contributed by atoms with Crippen molar-refractivity contribution in [1.29, 1.82) is 0 Å². The fraction of sp³-hybridized carbons (Fsp3) is 0.167. The number of hydrogen-bond acceptors (Lipinski definition) is 3. The van der Waals surface area contributed by atoms with Gasteiger partial charge < -0.3 is 5.32 Å². The highest BCUT2D eigenvalue weighted by Crippen LogP contribution is 2.05. The van der Waals surface area contributed by atoms with Crippen molar-refractivity contribution in [1.82, 2.24) is 10.3 Å². The summed E-state index contributed by atoms with van der Waals surface area (Å²) in [5, 5.41) is 6.60. The van der Waals surface area contributed by atoms with Gasteiger partial charge in [0.05, 0.1) is 0 Å². The summed E-state index contributed by atoms with van der Waals surface area (Å²) in [6.45, 7) is 0.617. The second-order valence-electron chi connectivity index (χ2n) is 3.34. The number of aromatic nitrogens is 1. The van der Waals surface area contributed by atoms with E-state index in [1.807, 2.05) is 35.0 Å². The van der Waals surface area contributed by atoms with Crippen molar-refractivity contribution in [3.63, 3.8) is 0 Å². The zero-order chi connectivity index (χ0) is 11.2. The van der Waals surface area contributed by atoms with Crippen molar-refractivity contribution < 1.29 is 4.79 Å². The quantitative estimate of drug-likeness (QED) is 0.877. The number of hydrogen-bond donors (Lipinski definition) is 1. The summed E-state index contributed by atoms with van der Waals surface area (Å²) in [7, 11) is 0. The summed E-state index contributed by atoms with van der Waals surface area (Å²) in [6.07, 6.45) is 2.52. The van der Waals surface area contributed by atoms with E-state index >= 15 is 0 Å². The van der Waals surface area contributed by atoms with Crippen LogP contribution in [-0.2, 0) is 6.42 Å². The van der Waals surface area contributed by atoms with Gasteiger partial charge in [0, 0.05) is 35.8 Å². The molecule has 0 radical (unpaired) electrons. The number of carbonyl (C=O) groups is 1. The van der Waals surface area contributed by atoms with Crippen molar-refractivity contribution in [2.45, 2.75) is 6.42 Å². The summed E-state index contributed by atoms with van der Waals surface area (Å²) in [4.78, 5) is 15.8. The smallest absolute Gasteiger partial charge is 0.252 e. The molecule has 2 rings (SSSR count). The van der Waals surface area contributed by atoms with Gasteiger partial charge in [-0.3, -0.25) is 9.78 Å². The third-order valence-electron chi connectivity index (χ3n) is 2.18. The summed E-state index contributed by atoms with van der Waals surface area (Å²) < 4.78 is 0. The van der Waals surface area contributed by atoms with Gasteiger partial charge in [0.15, 0.2) is 0 Å². The first-order valence-electron chi connectivity index (χ1n) is 5.06. The van der Waals surface area contributed by atoms with Crippen LogP contribution in [0, 0.1) is 0 Å². The Kier molecular flexibility index (Phi) is 3.66. The molecule has 4 heteroatoms. The molecule has 2 aromatic heterocycles. The average Bonchev–Trinajstić information content (AvgIpc) is 2.84. The highest BCUT2D eigenvalue weighted by Gasteiger charge is 2.04. The van der Waals surface area contributed by atoms with E-state index in [2.05, 4.69) is 10.3 Å². The molecule has 1 N–H and O–H groups in total. The van der Waals surface area contributed by atoms with Gasteiger partial charge >= 0.3 is 0 Å². The molecule has 0 saturated carbocycles. The number of carbonyl (C=O) groups excluding carboxylic acids is 1. The second-order valence-corrected chi connectivity index (χ2v) is 4.12. The van der Waals surface area contributed by atoms with Crippen LogP contribution >= 0.6 is 11.3 Å². The number of nitrogens with zero attached hydrogens (tertiary/aromatic N) is 1. The van der Waals surface area contributed by atoms with Crippen LogP contribution in [0.1, 0.15) is 16.1 Å². The molecule has 0 aliphatic carbocycles. The van der Waals surface area contributed by atoms with E-state index in [0.717, 1.165) is 17.7 Å². The molecule has 2 aromatic rings. The molecule has 16 heavy (non-hydrogen) atoms. The summed E-state index contributed by atoms with van der Waals surface area (Å²) in [5.74, 6) is -0.0165. The molecule has 0 atom stereocenters. The molecule has 0 fully saturated rings. The lowest BCUT2D eigenvalue weighted by Gasteiger charge is -2.02. The second kappa shape index (κ2) is 5.42. The Labute approximate surface area is 98.2 Å². The minimum atomic E-state index is -0.0165. The number of nitrogens with one attached hydrogen (secondary N) is 1. The topological polar surface area (TPSA) is 42.0 Å². The van der Waals surface area contributed by atoms with Crippen molar-refractivity contribution in [3.05, 3.63) is 52.5 Å². The number of amides is 1. The van der Waals surface area contributed by atoms with Crippen molar-refractivity contribution in [2.24, 2.45) is 0 Å². The molecule has 1 amide bonds. The van der Waals surface area contributed by atoms with E-state index in [1.54, 1.807) is 6.20 Å². The zero-order valence-electron chi connectivity index (χ0n) is 8.72. The first-order valence-corrected chi connectivity index (χ1v) is 6.01. The van der Waals surface area contributed by atoms with Crippen LogP contribution in [-0.4, -0.2) is 17.4 Å². The zero-order valence-corrected chi connectivity index (χ0v) is 9.54. The monoisotopic (exact) mass is 232 g/mol. The van der Waals surface area contributed by atoms with Crippen molar-refractivity contribution in [3.8, 4) is 0 Å². The van der Waals surface area contributed by atoms with Gasteiger partial charge in [-0.25, -0.2) is 0 Å². The van der Waals surface area contributed by atoms with Gasteiger partial charge in [-0.05, 0) is 23.6 Å². The Bertz CT molecular complexity index is 439. The Morgan fingerprint density at radius 3 is 3.00 bits per heavy atom. The maximum Gasteiger partial charge on any atom is 0.252 e. The molecule has 0 aliphatic heterocycles. The number of rotatable bonds is 4. The third kappa shape index (κ3) is 2.90. The lowest BCUT2D eigenvalue weighted by molar-refractivity contribution is 0.0954. The Balaban J connectivity index is 1.79. The van der Waals surface area contributed by atoms with E-state index in [4.69, 9.17) is 0 Å². The van der Waals surface area contributed by atoms with Gasteiger partial charge in [-0.2, -0.15) is 11.3 Å². The van der Waals surface area contributed by atoms with Crippen LogP contribution in [0.15, 0.2) is 41.2 Å². The molecule has 0 aromatic carbocycles.